The van der Waals surface area contributed by atoms with E-state index in [1.165, 1.54) is 7.11 Å². The minimum Gasteiger partial charge on any atom is -0.504 e. The smallest absolute Gasteiger partial charge is 0.257 e. The third-order valence-electron chi connectivity index (χ3n) is 3.21. The van der Waals surface area contributed by atoms with Crippen LogP contribution >= 0.6 is 0 Å². The van der Waals surface area contributed by atoms with Crippen molar-refractivity contribution >= 4 is 5.91 Å². The van der Waals surface area contributed by atoms with Crippen LogP contribution in [0.3, 0.4) is 0 Å². The van der Waals surface area contributed by atoms with Crippen molar-refractivity contribution in [2.45, 2.75) is 12.5 Å². The summed E-state index contributed by atoms with van der Waals surface area (Å²) in [6.07, 6.45) is 0.911. The summed E-state index contributed by atoms with van der Waals surface area (Å²) in [7, 11) is 3.10. The van der Waals surface area contributed by atoms with E-state index in [-0.39, 0.29) is 23.3 Å². The summed E-state index contributed by atoms with van der Waals surface area (Å²) in [6, 6.07) is 4.91. The maximum absolute atomic E-state index is 12.3. The Hall–Kier alpha value is -1.75. The van der Waals surface area contributed by atoms with E-state index in [0.717, 1.165) is 6.42 Å². The molecule has 18 heavy (non-hydrogen) atoms. The van der Waals surface area contributed by atoms with Gasteiger partial charge in [0.2, 0.25) is 0 Å². The molecule has 1 aromatic rings. The fraction of sp³-hybridized carbons (Fsp3) is 0.462. The number of carbonyl (C=O) groups excluding carboxylic acids is 1. The number of nitrogens with zero attached hydrogens (tertiary/aromatic N) is 1. The first-order chi connectivity index (χ1) is 8.67. The van der Waals surface area contributed by atoms with Crippen molar-refractivity contribution in [1.82, 2.24) is 4.90 Å². The molecule has 1 unspecified atom stereocenters. The molecule has 1 aliphatic heterocycles. The number of ether oxygens (including phenoxy) is 2. The molecule has 5 heteroatoms. The van der Waals surface area contributed by atoms with Crippen molar-refractivity contribution in [3.8, 4) is 11.5 Å². The number of benzene rings is 1. The molecule has 0 radical (unpaired) electrons. The lowest BCUT2D eigenvalue weighted by Crippen LogP contribution is -2.30. The van der Waals surface area contributed by atoms with Gasteiger partial charge in [0, 0.05) is 20.2 Å². The minimum absolute atomic E-state index is 0.0849. The summed E-state index contributed by atoms with van der Waals surface area (Å²) in [4.78, 5) is 13.9. The highest BCUT2D eigenvalue weighted by molar-refractivity contribution is 5.97. The number of hydrogen-bond donors (Lipinski definition) is 1. The number of likely N-dealkylation sites (tertiary alicyclic amines) is 1. The normalized spacial score (nSPS) is 19.0. The molecule has 1 saturated heterocycles. The number of methoxy groups -OCH3 is 2. The van der Waals surface area contributed by atoms with Gasteiger partial charge in [-0.1, -0.05) is 6.07 Å². The number of carbonyl (C=O) groups is 1. The van der Waals surface area contributed by atoms with Gasteiger partial charge in [-0.25, -0.2) is 0 Å². The minimum atomic E-state index is -0.189. The van der Waals surface area contributed by atoms with Crippen LogP contribution in [0, 0.1) is 0 Å². The quantitative estimate of drug-likeness (QED) is 0.878. The zero-order valence-electron chi connectivity index (χ0n) is 10.5. The molecule has 1 amide bonds. The third kappa shape index (κ3) is 2.26. The second kappa shape index (κ2) is 5.27. The molecule has 2 rings (SSSR count). The highest BCUT2D eigenvalue weighted by atomic mass is 16.5. The number of rotatable bonds is 3. The summed E-state index contributed by atoms with van der Waals surface area (Å²) < 4.78 is 10.2. The molecule has 1 N–H and O–H groups in total. The lowest BCUT2D eigenvalue weighted by atomic mass is 10.1. The van der Waals surface area contributed by atoms with Crippen molar-refractivity contribution in [2.24, 2.45) is 0 Å². The first-order valence-electron chi connectivity index (χ1n) is 5.85. The molecule has 0 bridgehead atoms. The monoisotopic (exact) mass is 251 g/mol. The fourth-order valence-corrected chi connectivity index (χ4v) is 2.14. The molecular formula is C13H17NO4. The van der Waals surface area contributed by atoms with Crippen LogP contribution in [0.5, 0.6) is 11.5 Å². The molecule has 1 aromatic carbocycles. The van der Waals surface area contributed by atoms with Gasteiger partial charge in [0.25, 0.3) is 5.91 Å². The molecule has 1 aliphatic rings. The Kier molecular flexibility index (Phi) is 3.72. The summed E-state index contributed by atoms with van der Waals surface area (Å²) in [5.41, 5.74) is 0.270. The van der Waals surface area contributed by atoms with E-state index in [1.807, 2.05) is 0 Å². The van der Waals surface area contributed by atoms with Gasteiger partial charge in [0.1, 0.15) is 0 Å². The zero-order chi connectivity index (χ0) is 13.1. The molecule has 0 saturated carbocycles. The predicted molar refractivity (Wildman–Crippen MR) is 66.0 cm³/mol. The summed E-state index contributed by atoms with van der Waals surface area (Å²) in [6.45, 7) is 1.21. The van der Waals surface area contributed by atoms with E-state index in [1.54, 1.807) is 30.2 Å². The van der Waals surface area contributed by atoms with Gasteiger partial charge in [-0.15, -0.1) is 0 Å². The van der Waals surface area contributed by atoms with Crippen LogP contribution in [0.1, 0.15) is 16.8 Å². The Labute approximate surface area is 106 Å². The Morgan fingerprint density at radius 1 is 1.44 bits per heavy atom. The van der Waals surface area contributed by atoms with Gasteiger partial charge in [-0.2, -0.15) is 0 Å². The molecule has 0 aromatic heterocycles. The van der Waals surface area contributed by atoms with Crippen molar-refractivity contribution in [1.29, 1.82) is 0 Å². The molecule has 1 atom stereocenters. The number of amides is 1. The Morgan fingerprint density at radius 3 is 2.83 bits per heavy atom. The van der Waals surface area contributed by atoms with Gasteiger partial charge in [-0.05, 0) is 18.6 Å². The Bertz CT molecular complexity index is 447. The summed E-state index contributed by atoms with van der Waals surface area (Å²) in [5.74, 6) is 0.0140. The molecule has 5 nitrogen and oxygen atoms in total. The number of phenols is 1. The Morgan fingerprint density at radius 2 is 2.22 bits per heavy atom. The molecule has 0 aliphatic carbocycles. The average molecular weight is 251 g/mol. The van der Waals surface area contributed by atoms with E-state index in [9.17, 15) is 9.90 Å². The zero-order valence-corrected chi connectivity index (χ0v) is 10.5. The third-order valence-corrected chi connectivity index (χ3v) is 3.21. The van der Waals surface area contributed by atoms with Crippen LogP contribution in [0.15, 0.2) is 18.2 Å². The largest absolute Gasteiger partial charge is 0.504 e. The average Bonchev–Trinajstić information content (AvgIpc) is 2.87. The fourth-order valence-electron chi connectivity index (χ4n) is 2.14. The van der Waals surface area contributed by atoms with Crippen LogP contribution in [-0.4, -0.2) is 49.3 Å². The number of hydrogen-bond acceptors (Lipinski definition) is 4. The van der Waals surface area contributed by atoms with Crippen molar-refractivity contribution in [3.05, 3.63) is 23.8 Å². The van der Waals surface area contributed by atoms with Gasteiger partial charge in [0.15, 0.2) is 11.5 Å². The maximum atomic E-state index is 12.3. The number of para-hydroxylation sites is 1. The van der Waals surface area contributed by atoms with E-state index < -0.39 is 0 Å². The lowest BCUT2D eigenvalue weighted by Gasteiger charge is -2.17. The SMILES string of the molecule is COc1cccc(C(=O)N2CCC(OC)C2)c1O. The highest BCUT2D eigenvalue weighted by Crippen LogP contribution is 2.31. The van der Waals surface area contributed by atoms with E-state index in [0.29, 0.717) is 18.8 Å². The van der Waals surface area contributed by atoms with Crippen molar-refractivity contribution in [3.63, 3.8) is 0 Å². The summed E-state index contributed by atoms with van der Waals surface area (Å²) >= 11 is 0. The second-order valence-corrected chi connectivity index (χ2v) is 4.25. The van der Waals surface area contributed by atoms with Crippen molar-refractivity contribution in [2.75, 3.05) is 27.3 Å². The lowest BCUT2D eigenvalue weighted by molar-refractivity contribution is 0.0721. The van der Waals surface area contributed by atoms with E-state index in [2.05, 4.69) is 0 Å². The topological polar surface area (TPSA) is 59.0 Å². The molecule has 1 heterocycles. The first-order valence-corrected chi connectivity index (χ1v) is 5.85. The van der Waals surface area contributed by atoms with Crippen LogP contribution < -0.4 is 4.74 Å². The molecule has 0 spiro atoms. The van der Waals surface area contributed by atoms with Crippen LogP contribution in [0.4, 0.5) is 0 Å². The van der Waals surface area contributed by atoms with E-state index >= 15 is 0 Å². The van der Waals surface area contributed by atoms with Crippen LogP contribution in [-0.2, 0) is 4.74 Å². The second-order valence-electron chi connectivity index (χ2n) is 4.25. The van der Waals surface area contributed by atoms with Crippen LogP contribution in [0.2, 0.25) is 0 Å². The first kappa shape index (κ1) is 12.7. The highest BCUT2D eigenvalue weighted by Gasteiger charge is 2.28. The maximum Gasteiger partial charge on any atom is 0.257 e. The molecular weight excluding hydrogens is 234 g/mol. The Balaban J connectivity index is 2.19. The molecule has 98 valence electrons. The van der Waals surface area contributed by atoms with Gasteiger partial charge < -0.3 is 19.5 Å². The van der Waals surface area contributed by atoms with Gasteiger partial charge in [0.05, 0.1) is 18.8 Å². The standard InChI is InChI=1S/C13H17NO4/c1-17-9-6-7-14(8-9)13(16)10-4-3-5-11(18-2)12(10)15/h3-5,9,15H,6-8H2,1-2H3. The predicted octanol–water partition coefficient (Wildman–Crippen LogP) is 1.26. The van der Waals surface area contributed by atoms with Crippen LogP contribution in [0.25, 0.3) is 0 Å². The van der Waals surface area contributed by atoms with Crippen molar-refractivity contribution < 1.29 is 19.4 Å². The van der Waals surface area contributed by atoms with Gasteiger partial charge in [-0.3, -0.25) is 4.79 Å². The molecule has 1 fully saturated rings. The van der Waals surface area contributed by atoms with Gasteiger partial charge >= 0.3 is 0 Å². The summed E-state index contributed by atoms with van der Waals surface area (Å²) in [5, 5.41) is 9.94. The number of phenolic OH excluding ortho intramolecular Hbond substituents is 1. The number of aromatic hydroxyl groups is 1. The van der Waals surface area contributed by atoms with E-state index in [4.69, 9.17) is 9.47 Å².